The molecule has 0 bridgehead atoms. The third-order valence-corrected chi connectivity index (χ3v) is 5.99. The Kier molecular flexibility index (Phi) is 6.11. The van der Waals surface area contributed by atoms with Gasteiger partial charge in [-0.05, 0) is 49.7 Å². The van der Waals surface area contributed by atoms with Crippen LogP contribution in [0.15, 0.2) is 62.9 Å². The second kappa shape index (κ2) is 8.95. The Bertz CT molecular complexity index is 1130. The van der Waals surface area contributed by atoms with Crippen LogP contribution in [0.25, 0.3) is 22.9 Å². The lowest BCUT2D eigenvalue weighted by Crippen LogP contribution is -2.23. The van der Waals surface area contributed by atoms with Gasteiger partial charge in [0.1, 0.15) is 17.1 Å². The number of nitrogens with zero attached hydrogens (tertiary/aromatic N) is 1. The van der Waals surface area contributed by atoms with Crippen LogP contribution in [0, 0.1) is 6.92 Å². The van der Waals surface area contributed by atoms with Gasteiger partial charge >= 0.3 is 0 Å². The number of methoxy groups -OCH3 is 1. The average molecular weight is 458 g/mol. The standard InChI is InChI=1S/C22H20ClN3O4S/c1-12-10-15(18(28-3)11-14(12)23)24-21(27)13(2)31-22-25-19(16-6-4-8-29-16)20(26-22)17-7-5-9-30-17/h4-11,13H,1-3H3,(H,24,27)(H,25,26). The zero-order valence-electron chi connectivity index (χ0n) is 17.1. The van der Waals surface area contributed by atoms with E-state index in [0.717, 1.165) is 5.56 Å². The maximum Gasteiger partial charge on any atom is 0.237 e. The lowest BCUT2D eigenvalue weighted by Gasteiger charge is -2.14. The summed E-state index contributed by atoms with van der Waals surface area (Å²) in [5.74, 6) is 1.54. The lowest BCUT2D eigenvalue weighted by molar-refractivity contribution is -0.115. The molecule has 2 N–H and O–H groups in total. The second-order valence-corrected chi connectivity index (χ2v) is 8.51. The summed E-state index contributed by atoms with van der Waals surface area (Å²) in [6.45, 7) is 3.67. The number of H-pyrrole nitrogens is 1. The minimum absolute atomic E-state index is 0.194. The van der Waals surface area contributed by atoms with Gasteiger partial charge in [0.2, 0.25) is 5.91 Å². The number of halogens is 1. The van der Waals surface area contributed by atoms with E-state index in [1.54, 1.807) is 43.7 Å². The highest BCUT2D eigenvalue weighted by atomic mass is 35.5. The van der Waals surface area contributed by atoms with Gasteiger partial charge in [-0.1, -0.05) is 23.4 Å². The van der Waals surface area contributed by atoms with Gasteiger partial charge in [-0.2, -0.15) is 0 Å². The third-order valence-electron chi connectivity index (χ3n) is 4.60. The number of anilines is 1. The number of aromatic nitrogens is 2. The minimum Gasteiger partial charge on any atom is -0.495 e. The molecular formula is C22H20ClN3O4S. The summed E-state index contributed by atoms with van der Waals surface area (Å²) >= 11 is 7.44. The van der Waals surface area contributed by atoms with Gasteiger partial charge in [0.25, 0.3) is 0 Å². The molecule has 1 atom stereocenters. The Morgan fingerprint density at radius 2 is 1.94 bits per heavy atom. The second-order valence-electron chi connectivity index (χ2n) is 6.77. The van der Waals surface area contributed by atoms with Gasteiger partial charge in [-0.3, -0.25) is 4.79 Å². The molecule has 3 aromatic heterocycles. The summed E-state index contributed by atoms with van der Waals surface area (Å²) in [4.78, 5) is 20.7. The number of hydrogen-bond donors (Lipinski definition) is 2. The van der Waals surface area contributed by atoms with E-state index in [-0.39, 0.29) is 5.91 Å². The van der Waals surface area contributed by atoms with Crippen molar-refractivity contribution in [1.82, 2.24) is 9.97 Å². The fraction of sp³-hybridized carbons (Fsp3) is 0.182. The van der Waals surface area contributed by atoms with Crippen LogP contribution in [0.2, 0.25) is 5.02 Å². The summed E-state index contributed by atoms with van der Waals surface area (Å²) in [5.41, 5.74) is 2.71. The zero-order chi connectivity index (χ0) is 22.0. The number of amides is 1. The number of aromatic amines is 1. The van der Waals surface area contributed by atoms with Crippen LogP contribution < -0.4 is 10.1 Å². The molecule has 7 nitrogen and oxygen atoms in total. The lowest BCUT2D eigenvalue weighted by atomic mass is 10.2. The van der Waals surface area contributed by atoms with E-state index in [0.29, 0.717) is 44.5 Å². The predicted molar refractivity (Wildman–Crippen MR) is 121 cm³/mol. The molecule has 4 aromatic rings. The number of ether oxygens (including phenoxy) is 1. The molecule has 0 spiro atoms. The fourth-order valence-corrected chi connectivity index (χ4v) is 3.94. The molecule has 0 aliphatic heterocycles. The molecule has 9 heteroatoms. The average Bonchev–Trinajstić information content (AvgIpc) is 3.51. The summed E-state index contributed by atoms with van der Waals surface area (Å²) in [6, 6.07) is 10.7. The molecule has 3 heterocycles. The molecule has 0 radical (unpaired) electrons. The first-order valence-electron chi connectivity index (χ1n) is 9.45. The number of carbonyl (C=O) groups is 1. The highest BCUT2D eigenvalue weighted by molar-refractivity contribution is 8.00. The van der Waals surface area contributed by atoms with Crippen molar-refractivity contribution in [3.05, 3.63) is 59.5 Å². The van der Waals surface area contributed by atoms with Crippen LogP contribution in [0.1, 0.15) is 12.5 Å². The molecule has 0 saturated heterocycles. The van der Waals surface area contributed by atoms with Crippen LogP contribution in [0.3, 0.4) is 0 Å². The summed E-state index contributed by atoms with van der Waals surface area (Å²) in [5, 5.41) is 3.60. The van der Waals surface area contributed by atoms with E-state index < -0.39 is 5.25 Å². The largest absolute Gasteiger partial charge is 0.495 e. The van der Waals surface area contributed by atoms with Crippen molar-refractivity contribution in [2.45, 2.75) is 24.3 Å². The fourth-order valence-electron chi connectivity index (χ4n) is 2.98. The monoisotopic (exact) mass is 457 g/mol. The van der Waals surface area contributed by atoms with Crippen molar-refractivity contribution in [2.24, 2.45) is 0 Å². The first kappa shape index (κ1) is 21.1. The number of thioether (sulfide) groups is 1. The van der Waals surface area contributed by atoms with Gasteiger partial charge in [-0.25, -0.2) is 4.98 Å². The highest BCUT2D eigenvalue weighted by Crippen LogP contribution is 2.35. The topological polar surface area (TPSA) is 93.3 Å². The smallest absolute Gasteiger partial charge is 0.237 e. The number of nitrogens with one attached hydrogen (secondary N) is 2. The van der Waals surface area contributed by atoms with Gasteiger partial charge in [0, 0.05) is 11.1 Å². The van der Waals surface area contributed by atoms with E-state index in [4.69, 9.17) is 25.2 Å². The van der Waals surface area contributed by atoms with Crippen LogP contribution >= 0.6 is 23.4 Å². The van der Waals surface area contributed by atoms with E-state index in [1.807, 2.05) is 19.1 Å². The van der Waals surface area contributed by atoms with Gasteiger partial charge in [-0.15, -0.1) is 0 Å². The maximum absolute atomic E-state index is 12.8. The van der Waals surface area contributed by atoms with Crippen molar-refractivity contribution >= 4 is 35.0 Å². The molecule has 1 aromatic carbocycles. The quantitative estimate of drug-likeness (QED) is 0.329. The molecule has 0 aliphatic rings. The van der Waals surface area contributed by atoms with E-state index in [1.165, 1.54) is 18.9 Å². The first-order chi connectivity index (χ1) is 15.0. The summed E-state index contributed by atoms with van der Waals surface area (Å²) in [7, 11) is 1.53. The Balaban J connectivity index is 1.55. The molecule has 160 valence electrons. The number of furan rings is 2. The van der Waals surface area contributed by atoms with Crippen molar-refractivity contribution in [3.8, 4) is 28.7 Å². The number of rotatable bonds is 7. The van der Waals surface area contributed by atoms with Crippen molar-refractivity contribution in [1.29, 1.82) is 0 Å². The van der Waals surface area contributed by atoms with Crippen molar-refractivity contribution < 1.29 is 18.4 Å². The third kappa shape index (κ3) is 4.50. The molecule has 1 unspecified atom stereocenters. The van der Waals surface area contributed by atoms with Gasteiger partial charge in [0.15, 0.2) is 16.7 Å². The molecule has 4 rings (SSSR count). The first-order valence-corrected chi connectivity index (χ1v) is 10.7. The molecule has 0 aliphatic carbocycles. The zero-order valence-corrected chi connectivity index (χ0v) is 18.6. The highest BCUT2D eigenvalue weighted by Gasteiger charge is 2.23. The Morgan fingerprint density at radius 1 is 1.23 bits per heavy atom. The van der Waals surface area contributed by atoms with E-state index in [9.17, 15) is 4.79 Å². The van der Waals surface area contributed by atoms with Gasteiger partial charge < -0.3 is 23.9 Å². The number of benzene rings is 1. The molecule has 1 amide bonds. The van der Waals surface area contributed by atoms with Gasteiger partial charge in [0.05, 0.1) is 30.6 Å². The van der Waals surface area contributed by atoms with E-state index in [2.05, 4.69) is 15.3 Å². The maximum atomic E-state index is 12.8. The molecule has 0 saturated carbocycles. The molecular weight excluding hydrogens is 438 g/mol. The Labute approximate surface area is 188 Å². The number of hydrogen-bond acceptors (Lipinski definition) is 6. The Morgan fingerprint density at radius 3 is 2.58 bits per heavy atom. The van der Waals surface area contributed by atoms with Crippen LogP contribution in [-0.2, 0) is 4.79 Å². The van der Waals surface area contributed by atoms with Crippen LogP contribution in [0.5, 0.6) is 5.75 Å². The van der Waals surface area contributed by atoms with E-state index >= 15 is 0 Å². The normalized spacial score (nSPS) is 12.0. The van der Waals surface area contributed by atoms with Crippen LogP contribution in [-0.4, -0.2) is 28.2 Å². The Hall–Kier alpha value is -3.10. The summed E-state index contributed by atoms with van der Waals surface area (Å²) < 4.78 is 16.4. The van der Waals surface area contributed by atoms with Crippen molar-refractivity contribution in [3.63, 3.8) is 0 Å². The number of aryl methyl sites for hydroxylation is 1. The number of carbonyl (C=O) groups excluding carboxylic acids is 1. The summed E-state index contributed by atoms with van der Waals surface area (Å²) in [6.07, 6.45) is 3.17. The van der Waals surface area contributed by atoms with Crippen molar-refractivity contribution in [2.75, 3.05) is 12.4 Å². The molecule has 0 fully saturated rings. The predicted octanol–water partition coefficient (Wildman–Crippen LogP) is 6.02. The molecule has 31 heavy (non-hydrogen) atoms. The number of imidazole rings is 1. The SMILES string of the molecule is COc1cc(Cl)c(C)cc1NC(=O)C(C)Sc1nc(-c2ccco2)c(-c2ccco2)[nH]1. The minimum atomic E-state index is -0.444. The van der Waals surface area contributed by atoms with Crippen LogP contribution in [0.4, 0.5) is 5.69 Å².